The van der Waals surface area contributed by atoms with Crippen LogP contribution in [0.25, 0.3) is 0 Å². The van der Waals surface area contributed by atoms with Gasteiger partial charge in [-0.15, -0.1) is 0 Å². The zero-order valence-corrected chi connectivity index (χ0v) is 17.5. The van der Waals surface area contributed by atoms with Gasteiger partial charge in [0.05, 0.1) is 18.8 Å². The van der Waals surface area contributed by atoms with E-state index in [4.69, 9.17) is 15.8 Å². The van der Waals surface area contributed by atoms with E-state index in [0.29, 0.717) is 10.6 Å². The van der Waals surface area contributed by atoms with Crippen LogP contribution in [0.5, 0.6) is 5.75 Å². The van der Waals surface area contributed by atoms with Gasteiger partial charge in [-0.3, -0.25) is 9.78 Å². The van der Waals surface area contributed by atoms with Crippen molar-refractivity contribution in [3.63, 3.8) is 0 Å². The lowest BCUT2D eigenvalue weighted by molar-refractivity contribution is -0.120. The molecular weight excluding hydrogens is 426 g/mol. The monoisotopic (exact) mass is 443 g/mol. The number of carbonyl (C=O) groups is 1. The highest BCUT2D eigenvalue weighted by Gasteiger charge is 2.18. The number of rotatable bonds is 7. The third-order valence-corrected chi connectivity index (χ3v) is 5.46. The summed E-state index contributed by atoms with van der Waals surface area (Å²) in [5.74, 6) is -0.358. The lowest BCUT2D eigenvalue weighted by Crippen LogP contribution is -2.19. The summed E-state index contributed by atoms with van der Waals surface area (Å²) >= 11 is 5.90. The Bertz CT molecular complexity index is 1180. The number of nitrogens with zero attached hydrogens (tertiary/aromatic N) is 2. The van der Waals surface area contributed by atoms with Gasteiger partial charge in [-0.05, 0) is 42.8 Å². The number of nitrogens with one attached hydrogen (secondary N) is 1. The van der Waals surface area contributed by atoms with Gasteiger partial charge >= 0.3 is 10.1 Å². The minimum absolute atomic E-state index is 0.00841. The lowest BCUT2D eigenvalue weighted by Gasteiger charge is -2.09. The standard InChI is InChI=1S/C21H18ClN3O4S/c1-15-5-7-19(8-6-15)30(27,28)29-20-14-23-10-9-17(20)13-24-25-21(26)12-16-3-2-4-18(22)11-16/h2-11,13-14H,12H2,1H3,(H,25,26). The van der Waals surface area contributed by atoms with E-state index in [0.717, 1.165) is 11.1 Å². The maximum absolute atomic E-state index is 12.5. The Labute approximate surface area is 179 Å². The van der Waals surface area contributed by atoms with E-state index in [1.165, 1.54) is 36.8 Å². The summed E-state index contributed by atoms with van der Waals surface area (Å²) in [5.41, 5.74) is 4.40. The molecule has 1 N–H and O–H groups in total. The molecule has 3 aromatic rings. The van der Waals surface area contributed by atoms with E-state index < -0.39 is 10.1 Å². The summed E-state index contributed by atoms with van der Waals surface area (Å²) in [7, 11) is -4.04. The molecule has 3 rings (SSSR count). The predicted molar refractivity (Wildman–Crippen MR) is 114 cm³/mol. The lowest BCUT2D eigenvalue weighted by atomic mass is 10.1. The maximum Gasteiger partial charge on any atom is 0.339 e. The van der Waals surface area contributed by atoms with Crippen molar-refractivity contribution in [2.45, 2.75) is 18.2 Å². The minimum atomic E-state index is -4.04. The van der Waals surface area contributed by atoms with E-state index in [9.17, 15) is 13.2 Å². The van der Waals surface area contributed by atoms with Gasteiger partial charge in [-0.25, -0.2) is 5.43 Å². The molecule has 0 saturated carbocycles. The fourth-order valence-electron chi connectivity index (χ4n) is 2.48. The largest absolute Gasteiger partial charge is 0.377 e. The first-order chi connectivity index (χ1) is 14.3. The first kappa shape index (κ1) is 21.5. The van der Waals surface area contributed by atoms with Crippen molar-refractivity contribution in [1.82, 2.24) is 10.4 Å². The number of hydrogen-bond acceptors (Lipinski definition) is 6. The maximum atomic E-state index is 12.5. The SMILES string of the molecule is Cc1ccc(S(=O)(=O)Oc2cnccc2C=NNC(=O)Cc2cccc(Cl)c2)cc1. The zero-order valence-electron chi connectivity index (χ0n) is 15.9. The number of pyridine rings is 1. The van der Waals surface area contributed by atoms with Crippen LogP contribution in [-0.4, -0.2) is 25.5 Å². The van der Waals surface area contributed by atoms with Gasteiger partial charge in [0.15, 0.2) is 5.75 Å². The summed E-state index contributed by atoms with van der Waals surface area (Å²) < 4.78 is 30.2. The van der Waals surface area contributed by atoms with Crippen molar-refractivity contribution < 1.29 is 17.4 Å². The van der Waals surface area contributed by atoms with E-state index in [-0.39, 0.29) is 23.0 Å². The highest BCUT2D eigenvalue weighted by molar-refractivity contribution is 7.87. The van der Waals surface area contributed by atoms with Crippen molar-refractivity contribution in [2.24, 2.45) is 5.10 Å². The van der Waals surface area contributed by atoms with Crippen LogP contribution in [0.4, 0.5) is 0 Å². The molecule has 0 fully saturated rings. The molecule has 154 valence electrons. The number of benzene rings is 2. The average Bonchev–Trinajstić information content (AvgIpc) is 2.69. The van der Waals surface area contributed by atoms with Crippen LogP contribution >= 0.6 is 11.6 Å². The molecule has 1 aromatic heterocycles. The van der Waals surface area contributed by atoms with Gasteiger partial charge in [-0.2, -0.15) is 13.5 Å². The quantitative estimate of drug-likeness (QED) is 0.342. The summed E-state index contributed by atoms with van der Waals surface area (Å²) in [5, 5.41) is 4.41. The third kappa shape index (κ3) is 5.88. The summed E-state index contributed by atoms with van der Waals surface area (Å²) in [6.45, 7) is 1.85. The number of hydrogen-bond donors (Lipinski definition) is 1. The zero-order chi connectivity index (χ0) is 21.6. The molecule has 7 nitrogen and oxygen atoms in total. The average molecular weight is 444 g/mol. The number of aromatic nitrogens is 1. The van der Waals surface area contributed by atoms with Gasteiger partial charge in [0, 0.05) is 16.8 Å². The normalized spacial score (nSPS) is 11.4. The van der Waals surface area contributed by atoms with Crippen LogP contribution in [0.3, 0.4) is 0 Å². The predicted octanol–water partition coefficient (Wildman–Crippen LogP) is 3.50. The molecule has 0 spiro atoms. The van der Waals surface area contributed by atoms with Crippen LogP contribution in [0.15, 0.2) is 77.0 Å². The number of aryl methyl sites for hydroxylation is 1. The Hall–Kier alpha value is -3.23. The van der Waals surface area contributed by atoms with Crippen molar-refractivity contribution >= 4 is 33.8 Å². The fraction of sp³-hybridized carbons (Fsp3) is 0.0952. The van der Waals surface area contributed by atoms with Crippen molar-refractivity contribution in [3.8, 4) is 5.75 Å². The first-order valence-corrected chi connectivity index (χ1v) is 10.6. The molecule has 30 heavy (non-hydrogen) atoms. The molecule has 0 aliphatic heterocycles. The second-order valence-electron chi connectivity index (χ2n) is 6.36. The number of halogens is 1. The highest BCUT2D eigenvalue weighted by atomic mass is 35.5. The molecule has 0 aliphatic carbocycles. The Morgan fingerprint density at radius 1 is 1.20 bits per heavy atom. The number of amides is 1. The van der Waals surface area contributed by atoms with Crippen molar-refractivity contribution in [2.75, 3.05) is 0 Å². The summed E-state index contributed by atoms with van der Waals surface area (Å²) in [6, 6.07) is 14.7. The third-order valence-electron chi connectivity index (χ3n) is 3.97. The minimum Gasteiger partial charge on any atom is -0.377 e. The van der Waals surface area contributed by atoms with Crippen LogP contribution in [0.2, 0.25) is 5.02 Å². The molecule has 9 heteroatoms. The Kier molecular flexibility index (Phi) is 6.81. The van der Waals surface area contributed by atoms with Crippen LogP contribution in [0, 0.1) is 6.92 Å². The van der Waals surface area contributed by atoms with E-state index >= 15 is 0 Å². The second-order valence-corrected chi connectivity index (χ2v) is 8.35. The molecule has 1 amide bonds. The molecule has 0 unspecified atom stereocenters. The second kappa shape index (κ2) is 9.51. The van der Waals surface area contributed by atoms with E-state index in [1.54, 1.807) is 36.4 Å². The first-order valence-electron chi connectivity index (χ1n) is 8.85. The van der Waals surface area contributed by atoms with Gasteiger partial charge in [0.25, 0.3) is 0 Å². The molecule has 0 aliphatic rings. The molecular formula is C21H18ClN3O4S. The van der Waals surface area contributed by atoms with Crippen LogP contribution in [-0.2, 0) is 21.3 Å². The smallest absolute Gasteiger partial charge is 0.339 e. The molecule has 1 heterocycles. The Balaban J connectivity index is 1.69. The van der Waals surface area contributed by atoms with Crippen molar-refractivity contribution in [3.05, 3.63) is 88.7 Å². The van der Waals surface area contributed by atoms with Gasteiger partial charge in [0.2, 0.25) is 5.91 Å². The number of carbonyl (C=O) groups excluding carboxylic acids is 1. The van der Waals surface area contributed by atoms with Gasteiger partial charge in [0.1, 0.15) is 4.90 Å². The Morgan fingerprint density at radius 2 is 1.97 bits per heavy atom. The van der Waals surface area contributed by atoms with Crippen LogP contribution < -0.4 is 9.61 Å². The molecule has 0 radical (unpaired) electrons. The van der Waals surface area contributed by atoms with Gasteiger partial charge in [-0.1, -0.05) is 41.4 Å². The topological polar surface area (TPSA) is 97.7 Å². The Morgan fingerprint density at radius 3 is 2.70 bits per heavy atom. The molecule has 0 saturated heterocycles. The summed E-state index contributed by atoms with van der Waals surface area (Å²) in [6.07, 6.45) is 4.11. The van der Waals surface area contributed by atoms with E-state index in [1.807, 2.05) is 6.92 Å². The highest BCUT2D eigenvalue weighted by Crippen LogP contribution is 2.21. The fourth-order valence-corrected chi connectivity index (χ4v) is 3.64. The summed E-state index contributed by atoms with van der Waals surface area (Å²) in [4.78, 5) is 15.9. The molecule has 0 atom stereocenters. The molecule has 0 bridgehead atoms. The number of hydrazone groups is 1. The van der Waals surface area contributed by atoms with Gasteiger partial charge < -0.3 is 4.18 Å². The molecule has 2 aromatic carbocycles. The van der Waals surface area contributed by atoms with Crippen molar-refractivity contribution in [1.29, 1.82) is 0 Å². The van der Waals surface area contributed by atoms with Crippen LogP contribution in [0.1, 0.15) is 16.7 Å². The van der Waals surface area contributed by atoms with E-state index in [2.05, 4.69) is 15.5 Å².